The Bertz CT molecular complexity index is 1910. The molecule has 2 aliphatic heterocycles. The lowest BCUT2D eigenvalue weighted by atomic mass is 9.50. The Morgan fingerprint density at radius 2 is 1.54 bits per heavy atom. The summed E-state index contributed by atoms with van der Waals surface area (Å²) >= 11 is 0. The van der Waals surface area contributed by atoms with Crippen LogP contribution in [0.5, 0.6) is 17.2 Å². The van der Waals surface area contributed by atoms with Crippen molar-refractivity contribution < 1.29 is 19.4 Å². The fourth-order valence-electron chi connectivity index (χ4n) is 11.4. The number of phenols is 1. The molecule has 4 aliphatic rings. The van der Waals surface area contributed by atoms with Gasteiger partial charge in [-0.15, -0.1) is 6.58 Å². The van der Waals surface area contributed by atoms with Crippen LogP contribution in [0.4, 0.5) is 0 Å². The van der Waals surface area contributed by atoms with Gasteiger partial charge in [-0.05, 0) is 74.1 Å². The molecular weight excluding hydrogens is 705 g/mol. The Kier molecular flexibility index (Phi) is 12.4. The van der Waals surface area contributed by atoms with Crippen molar-refractivity contribution in [2.45, 2.75) is 119 Å². The first kappa shape index (κ1) is 39.3. The van der Waals surface area contributed by atoms with Crippen LogP contribution in [0.25, 0.3) is 0 Å². The number of benzene rings is 4. The van der Waals surface area contributed by atoms with E-state index in [9.17, 15) is 9.90 Å². The topological polar surface area (TPSA) is 62.2 Å². The number of aromatic hydroxyl groups is 1. The van der Waals surface area contributed by atoms with Crippen molar-refractivity contribution in [3.05, 3.63) is 138 Å². The second kappa shape index (κ2) is 17.9. The molecule has 4 aromatic carbocycles. The van der Waals surface area contributed by atoms with Crippen molar-refractivity contribution in [2.24, 2.45) is 5.92 Å². The van der Waals surface area contributed by atoms with E-state index < -0.39 is 0 Å². The van der Waals surface area contributed by atoms with Crippen LogP contribution in [0.1, 0.15) is 111 Å². The number of likely N-dealkylation sites (tertiary alicyclic amines) is 1. The molecule has 1 N–H and O–H groups in total. The molecule has 1 spiro atoms. The summed E-state index contributed by atoms with van der Waals surface area (Å²) in [5.41, 5.74) is 5.74. The Morgan fingerprint density at radius 3 is 2.19 bits per heavy atom. The highest BCUT2D eigenvalue weighted by Crippen LogP contribution is 2.65. The minimum Gasteiger partial charge on any atom is -0.508 e. The molecule has 57 heavy (non-hydrogen) atoms. The number of piperidine rings is 1. The van der Waals surface area contributed by atoms with Gasteiger partial charge in [-0.2, -0.15) is 0 Å². The van der Waals surface area contributed by atoms with Gasteiger partial charge in [-0.3, -0.25) is 9.69 Å². The minimum atomic E-state index is -0.297. The van der Waals surface area contributed by atoms with Crippen LogP contribution in [0.15, 0.2) is 110 Å². The number of carbonyl (C=O) groups excluding carboxylic acids is 1. The van der Waals surface area contributed by atoms with E-state index in [2.05, 4.69) is 107 Å². The third-order valence-electron chi connectivity index (χ3n) is 14.0. The standard InChI is InChI=1S/C51H62N2O4/c1-3-32-52-33-31-51-42-29-30-43(50(51)57-49-46(56-2)35-45(54)40(48(49)51)34-44(42)52)53(36-41(38-24-16-11-17-25-38)39-26-18-12-19-27-39)47(55)28-20-9-7-5-4-6-8-13-21-37-22-14-10-15-23-37/h3,10-12,14-19,22-27,35,41-44,50,54H,1,4-9,13,20-21,28-34,36H2,2H3/t42-,43+,44+,50-,51-/m0/s1. The van der Waals surface area contributed by atoms with Crippen molar-refractivity contribution in [2.75, 3.05) is 26.7 Å². The van der Waals surface area contributed by atoms with Crippen LogP contribution in [0.2, 0.25) is 0 Å². The lowest BCUT2D eigenvalue weighted by molar-refractivity contribution is -0.143. The molecule has 6 nitrogen and oxygen atoms in total. The molecule has 6 heteroatoms. The Hall–Kier alpha value is -4.55. The van der Waals surface area contributed by atoms with Crippen molar-refractivity contribution in [1.82, 2.24) is 9.80 Å². The minimum absolute atomic E-state index is 0.0277. The number of rotatable bonds is 19. The highest BCUT2D eigenvalue weighted by molar-refractivity contribution is 5.77. The molecule has 1 saturated heterocycles. The smallest absolute Gasteiger partial charge is 0.222 e. The normalized spacial score (nSPS) is 23.1. The van der Waals surface area contributed by atoms with Gasteiger partial charge in [0.25, 0.3) is 0 Å². The molecule has 4 aromatic rings. The van der Waals surface area contributed by atoms with Gasteiger partial charge < -0.3 is 19.5 Å². The highest BCUT2D eigenvalue weighted by atomic mass is 16.5. The zero-order chi connectivity index (χ0) is 39.2. The number of hydrogen-bond acceptors (Lipinski definition) is 5. The lowest BCUT2D eigenvalue weighted by Crippen LogP contribution is -2.69. The lowest BCUT2D eigenvalue weighted by Gasteiger charge is -2.60. The number of methoxy groups -OCH3 is 1. The first-order valence-corrected chi connectivity index (χ1v) is 21.9. The largest absolute Gasteiger partial charge is 0.508 e. The summed E-state index contributed by atoms with van der Waals surface area (Å²) in [5, 5.41) is 11.5. The number of amides is 1. The quantitative estimate of drug-likeness (QED) is 0.0761. The number of aryl methyl sites for hydroxylation is 1. The van der Waals surface area contributed by atoms with Crippen LogP contribution in [-0.2, 0) is 23.1 Å². The monoisotopic (exact) mass is 766 g/mol. The molecule has 2 heterocycles. The summed E-state index contributed by atoms with van der Waals surface area (Å²) in [5.74, 6) is 2.31. The van der Waals surface area contributed by atoms with E-state index in [0.717, 1.165) is 68.5 Å². The van der Waals surface area contributed by atoms with E-state index in [1.165, 1.54) is 61.6 Å². The summed E-state index contributed by atoms with van der Waals surface area (Å²) in [4.78, 5) is 19.8. The van der Waals surface area contributed by atoms with E-state index >= 15 is 0 Å². The van der Waals surface area contributed by atoms with E-state index in [4.69, 9.17) is 9.47 Å². The molecule has 0 radical (unpaired) electrons. The van der Waals surface area contributed by atoms with E-state index in [1.807, 2.05) is 6.08 Å². The maximum Gasteiger partial charge on any atom is 0.222 e. The summed E-state index contributed by atoms with van der Waals surface area (Å²) in [6, 6.07) is 34.2. The van der Waals surface area contributed by atoms with Gasteiger partial charge in [-0.25, -0.2) is 0 Å². The molecule has 2 bridgehead atoms. The van der Waals surface area contributed by atoms with Crippen LogP contribution in [0, 0.1) is 5.92 Å². The third-order valence-corrected chi connectivity index (χ3v) is 14.0. The maximum absolute atomic E-state index is 15.0. The number of hydrogen-bond donors (Lipinski definition) is 1. The fourth-order valence-corrected chi connectivity index (χ4v) is 11.4. The van der Waals surface area contributed by atoms with E-state index in [-0.39, 0.29) is 35.4 Å². The Morgan fingerprint density at radius 1 is 0.912 bits per heavy atom. The summed E-state index contributed by atoms with van der Waals surface area (Å²) in [7, 11) is 1.67. The predicted octanol–water partition coefficient (Wildman–Crippen LogP) is 10.4. The summed E-state index contributed by atoms with van der Waals surface area (Å²) < 4.78 is 13.2. The van der Waals surface area contributed by atoms with E-state index in [1.54, 1.807) is 13.2 Å². The first-order chi connectivity index (χ1) is 28.0. The van der Waals surface area contributed by atoms with Gasteiger partial charge in [-0.1, -0.05) is 136 Å². The van der Waals surface area contributed by atoms with Gasteiger partial charge in [0, 0.05) is 54.1 Å². The number of phenolic OH excluding ortho intramolecular Hbond substituents is 1. The van der Waals surface area contributed by atoms with Crippen LogP contribution in [0.3, 0.4) is 0 Å². The molecule has 2 fully saturated rings. The highest BCUT2D eigenvalue weighted by Gasteiger charge is 2.67. The molecule has 1 saturated carbocycles. The number of carbonyl (C=O) groups is 1. The van der Waals surface area contributed by atoms with Crippen molar-refractivity contribution >= 4 is 5.91 Å². The van der Waals surface area contributed by atoms with Crippen LogP contribution in [-0.4, -0.2) is 65.7 Å². The average molecular weight is 767 g/mol. The molecule has 5 atom stereocenters. The molecule has 1 amide bonds. The first-order valence-electron chi connectivity index (χ1n) is 21.9. The van der Waals surface area contributed by atoms with Gasteiger partial charge >= 0.3 is 0 Å². The van der Waals surface area contributed by atoms with Crippen molar-refractivity contribution in [3.63, 3.8) is 0 Å². The Balaban J connectivity index is 1.03. The van der Waals surface area contributed by atoms with Gasteiger partial charge in [0.1, 0.15) is 11.9 Å². The predicted molar refractivity (Wildman–Crippen MR) is 229 cm³/mol. The van der Waals surface area contributed by atoms with Gasteiger partial charge in [0.15, 0.2) is 11.5 Å². The summed E-state index contributed by atoms with van der Waals surface area (Å²) in [6.07, 6.45) is 16.6. The molecular formula is C51H62N2O4. The molecule has 0 aromatic heterocycles. The SMILES string of the molecule is C=CCN1CC[C@]23c4c5c(O)cc(OC)c4O[C@H]2[C@H](N(CC(c2ccccc2)c2ccccc2)C(=O)CCCCCCCCCCc2ccccc2)CC[C@H]3[C@H]1C5. The second-order valence-corrected chi connectivity index (χ2v) is 17.1. The van der Waals surface area contributed by atoms with Gasteiger partial charge in [0.2, 0.25) is 5.91 Å². The molecule has 2 aliphatic carbocycles. The fraction of sp³-hybridized carbons (Fsp3) is 0.471. The van der Waals surface area contributed by atoms with Crippen LogP contribution >= 0.6 is 0 Å². The zero-order valence-electron chi connectivity index (χ0n) is 34.0. The van der Waals surface area contributed by atoms with Crippen LogP contribution < -0.4 is 9.47 Å². The second-order valence-electron chi connectivity index (χ2n) is 17.1. The zero-order valence-corrected chi connectivity index (χ0v) is 34.0. The maximum atomic E-state index is 15.0. The Labute approximate surface area is 340 Å². The molecule has 0 unspecified atom stereocenters. The van der Waals surface area contributed by atoms with Crippen molar-refractivity contribution in [3.8, 4) is 17.2 Å². The van der Waals surface area contributed by atoms with Gasteiger partial charge in [0.05, 0.1) is 13.2 Å². The average Bonchev–Trinajstić information content (AvgIpc) is 3.59. The summed E-state index contributed by atoms with van der Waals surface area (Å²) in [6.45, 7) is 6.46. The van der Waals surface area contributed by atoms with Crippen molar-refractivity contribution in [1.29, 1.82) is 0 Å². The molecule has 8 rings (SSSR count). The number of ether oxygens (including phenoxy) is 2. The van der Waals surface area contributed by atoms with E-state index in [0.29, 0.717) is 30.4 Å². The molecule has 300 valence electrons. The number of unbranched alkanes of at least 4 members (excludes halogenated alkanes) is 7. The third kappa shape index (κ3) is 7.87. The number of nitrogens with zero attached hydrogens (tertiary/aromatic N) is 2.